The second-order valence-electron chi connectivity index (χ2n) is 6.03. The van der Waals surface area contributed by atoms with Gasteiger partial charge in [-0.1, -0.05) is 24.3 Å². The first-order chi connectivity index (χ1) is 12.7. The summed E-state index contributed by atoms with van der Waals surface area (Å²) in [7, 11) is 3.38. The van der Waals surface area contributed by atoms with Crippen LogP contribution in [-0.2, 0) is 13.0 Å². The number of rotatable bonds is 8. The lowest BCUT2D eigenvalue weighted by Crippen LogP contribution is -2.38. The Labute approximate surface area is 156 Å². The molecular formula is C21H29N3O2. The van der Waals surface area contributed by atoms with Crippen molar-refractivity contribution in [2.75, 3.05) is 27.3 Å². The van der Waals surface area contributed by atoms with Gasteiger partial charge in [0.15, 0.2) is 5.96 Å². The Kier molecular flexibility index (Phi) is 7.80. The summed E-state index contributed by atoms with van der Waals surface area (Å²) in [5.41, 5.74) is 3.51. The highest BCUT2D eigenvalue weighted by atomic mass is 16.5. The van der Waals surface area contributed by atoms with Gasteiger partial charge >= 0.3 is 0 Å². The van der Waals surface area contributed by atoms with Gasteiger partial charge in [0.25, 0.3) is 0 Å². The summed E-state index contributed by atoms with van der Waals surface area (Å²) in [6.45, 7) is 6.34. The van der Waals surface area contributed by atoms with Crippen LogP contribution in [0.2, 0.25) is 0 Å². The Morgan fingerprint density at radius 2 is 1.85 bits per heavy atom. The zero-order valence-corrected chi connectivity index (χ0v) is 16.1. The van der Waals surface area contributed by atoms with Gasteiger partial charge in [-0.25, -0.2) is 4.99 Å². The van der Waals surface area contributed by atoms with Gasteiger partial charge in [-0.2, -0.15) is 0 Å². The van der Waals surface area contributed by atoms with E-state index in [0.29, 0.717) is 6.54 Å². The van der Waals surface area contributed by atoms with Gasteiger partial charge in [0.05, 0.1) is 20.8 Å². The molecule has 0 radical (unpaired) electrons. The predicted octanol–water partition coefficient (Wildman–Crippen LogP) is 3.31. The number of guanidine groups is 1. The summed E-state index contributed by atoms with van der Waals surface area (Å²) in [6.07, 6.45) is 0.903. The first kappa shape index (κ1) is 19.6. The fraction of sp³-hybridized carbons (Fsp3) is 0.381. The molecule has 0 saturated carbocycles. The molecule has 5 nitrogen and oxygen atoms in total. The summed E-state index contributed by atoms with van der Waals surface area (Å²) in [5.74, 6) is 2.60. The molecule has 2 rings (SSSR count). The first-order valence-corrected chi connectivity index (χ1v) is 8.95. The zero-order chi connectivity index (χ0) is 18.8. The van der Waals surface area contributed by atoms with Crippen LogP contribution in [0.5, 0.6) is 11.5 Å². The molecule has 0 aliphatic heterocycles. The van der Waals surface area contributed by atoms with Crippen LogP contribution in [0.3, 0.4) is 0 Å². The van der Waals surface area contributed by atoms with Crippen molar-refractivity contribution in [2.45, 2.75) is 26.8 Å². The fourth-order valence-corrected chi connectivity index (χ4v) is 2.63. The van der Waals surface area contributed by atoms with Crippen LogP contribution in [0, 0.1) is 6.92 Å². The molecule has 0 amide bonds. The molecule has 0 fully saturated rings. The molecule has 0 atom stereocenters. The lowest BCUT2D eigenvalue weighted by molar-refractivity contribution is 0.411. The summed E-state index contributed by atoms with van der Waals surface area (Å²) in [6, 6.07) is 14.3. The molecule has 2 N–H and O–H groups in total. The normalized spacial score (nSPS) is 11.2. The number of methoxy groups -OCH3 is 2. The van der Waals surface area contributed by atoms with Crippen LogP contribution in [-0.4, -0.2) is 33.3 Å². The van der Waals surface area contributed by atoms with E-state index in [-0.39, 0.29) is 0 Å². The third-order valence-electron chi connectivity index (χ3n) is 4.08. The average Bonchev–Trinajstić information content (AvgIpc) is 2.67. The Hall–Kier alpha value is -2.69. The number of nitrogens with one attached hydrogen (secondary N) is 2. The number of ether oxygens (including phenoxy) is 2. The van der Waals surface area contributed by atoms with E-state index in [9.17, 15) is 0 Å². The number of aliphatic imine (C=N–C) groups is 1. The highest BCUT2D eigenvalue weighted by molar-refractivity contribution is 5.79. The monoisotopic (exact) mass is 355 g/mol. The summed E-state index contributed by atoms with van der Waals surface area (Å²) in [5, 5.41) is 6.67. The molecule has 0 bridgehead atoms. The molecule has 26 heavy (non-hydrogen) atoms. The van der Waals surface area contributed by atoms with Crippen LogP contribution >= 0.6 is 0 Å². The van der Waals surface area contributed by atoms with E-state index < -0.39 is 0 Å². The molecule has 2 aromatic carbocycles. The van der Waals surface area contributed by atoms with Crippen LogP contribution in [0.4, 0.5) is 0 Å². The molecule has 0 spiro atoms. The van der Waals surface area contributed by atoms with Crippen molar-refractivity contribution >= 4 is 5.96 Å². The first-order valence-electron chi connectivity index (χ1n) is 8.95. The maximum atomic E-state index is 5.39. The van der Waals surface area contributed by atoms with E-state index >= 15 is 0 Å². The minimum Gasteiger partial charge on any atom is -0.497 e. The fourth-order valence-electron chi connectivity index (χ4n) is 2.63. The minimum atomic E-state index is 0.602. The maximum Gasteiger partial charge on any atom is 0.191 e. The van der Waals surface area contributed by atoms with Crippen molar-refractivity contribution in [2.24, 2.45) is 4.99 Å². The second kappa shape index (κ2) is 10.3. The van der Waals surface area contributed by atoms with E-state index in [1.54, 1.807) is 14.2 Å². The molecule has 2 aromatic rings. The molecule has 0 heterocycles. The number of benzene rings is 2. The number of hydrogen-bond acceptors (Lipinski definition) is 3. The highest BCUT2D eigenvalue weighted by Gasteiger charge is 2.02. The second-order valence-corrected chi connectivity index (χ2v) is 6.03. The van der Waals surface area contributed by atoms with E-state index in [2.05, 4.69) is 47.7 Å². The lowest BCUT2D eigenvalue weighted by Gasteiger charge is -2.12. The van der Waals surface area contributed by atoms with E-state index in [1.807, 2.05) is 24.3 Å². The SMILES string of the molecule is CCNC(=NCc1cccc(OC)c1)NCCc1ccc(C)c(OC)c1. The smallest absolute Gasteiger partial charge is 0.191 e. The zero-order valence-electron chi connectivity index (χ0n) is 16.1. The Morgan fingerprint density at radius 3 is 2.58 bits per heavy atom. The maximum absolute atomic E-state index is 5.39. The van der Waals surface area contributed by atoms with Crippen molar-refractivity contribution in [1.29, 1.82) is 0 Å². The number of aryl methyl sites for hydroxylation is 1. The average molecular weight is 355 g/mol. The third kappa shape index (κ3) is 5.99. The standard InChI is InChI=1S/C21H29N3O2/c1-5-22-21(24-15-18-7-6-8-19(13-18)25-3)23-12-11-17-10-9-16(2)20(14-17)26-4/h6-10,13-14H,5,11-12,15H2,1-4H3,(H2,22,23,24). The Bertz CT molecular complexity index is 729. The quantitative estimate of drug-likeness (QED) is 0.563. The predicted molar refractivity (Wildman–Crippen MR) is 107 cm³/mol. The van der Waals surface area contributed by atoms with Crippen molar-refractivity contribution < 1.29 is 9.47 Å². The van der Waals surface area contributed by atoms with Crippen molar-refractivity contribution in [3.05, 3.63) is 59.2 Å². The Morgan fingerprint density at radius 1 is 1.00 bits per heavy atom. The van der Waals surface area contributed by atoms with Crippen molar-refractivity contribution in [1.82, 2.24) is 10.6 Å². The molecule has 140 valence electrons. The van der Waals surface area contributed by atoms with Gasteiger partial charge < -0.3 is 20.1 Å². The topological polar surface area (TPSA) is 54.9 Å². The van der Waals surface area contributed by atoms with Crippen LogP contribution in [0.25, 0.3) is 0 Å². The minimum absolute atomic E-state index is 0.602. The molecular weight excluding hydrogens is 326 g/mol. The molecule has 0 aliphatic rings. The van der Waals surface area contributed by atoms with Gasteiger partial charge in [0.2, 0.25) is 0 Å². The molecule has 0 saturated heterocycles. The molecule has 0 aromatic heterocycles. The summed E-state index contributed by atoms with van der Waals surface area (Å²) < 4.78 is 10.7. The highest BCUT2D eigenvalue weighted by Crippen LogP contribution is 2.19. The number of hydrogen-bond donors (Lipinski definition) is 2. The van der Waals surface area contributed by atoms with Crippen LogP contribution < -0.4 is 20.1 Å². The molecule has 0 aliphatic carbocycles. The van der Waals surface area contributed by atoms with Crippen molar-refractivity contribution in [3.8, 4) is 11.5 Å². The van der Waals surface area contributed by atoms with Gasteiger partial charge in [-0.3, -0.25) is 0 Å². The van der Waals surface area contributed by atoms with Crippen LogP contribution in [0.15, 0.2) is 47.5 Å². The molecule has 0 unspecified atom stereocenters. The lowest BCUT2D eigenvalue weighted by atomic mass is 10.1. The van der Waals surface area contributed by atoms with E-state index in [1.165, 1.54) is 5.56 Å². The number of nitrogens with zero attached hydrogens (tertiary/aromatic N) is 1. The van der Waals surface area contributed by atoms with Gasteiger partial charge in [-0.15, -0.1) is 0 Å². The van der Waals surface area contributed by atoms with Gasteiger partial charge in [-0.05, 0) is 55.2 Å². The van der Waals surface area contributed by atoms with Crippen molar-refractivity contribution in [3.63, 3.8) is 0 Å². The Balaban J connectivity index is 1.92. The summed E-state index contributed by atoms with van der Waals surface area (Å²) in [4.78, 5) is 4.65. The van der Waals surface area contributed by atoms with Crippen LogP contribution in [0.1, 0.15) is 23.6 Å². The van der Waals surface area contributed by atoms with Gasteiger partial charge in [0, 0.05) is 13.1 Å². The van der Waals surface area contributed by atoms with E-state index in [0.717, 1.165) is 48.1 Å². The van der Waals surface area contributed by atoms with E-state index in [4.69, 9.17) is 9.47 Å². The third-order valence-corrected chi connectivity index (χ3v) is 4.08. The molecule has 5 heteroatoms. The largest absolute Gasteiger partial charge is 0.497 e. The van der Waals surface area contributed by atoms with Gasteiger partial charge in [0.1, 0.15) is 11.5 Å². The summed E-state index contributed by atoms with van der Waals surface area (Å²) >= 11 is 0.